The molecule has 136 valence electrons. The van der Waals surface area contributed by atoms with Crippen LogP contribution in [0.3, 0.4) is 0 Å². The van der Waals surface area contributed by atoms with E-state index >= 15 is 0 Å². The lowest BCUT2D eigenvalue weighted by Crippen LogP contribution is -2.36. The summed E-state index contributed by atoms with van der Waals surface area (Å²) in [4.78, 5) is 33.7. The summed E-state index contributed by atoms with van der Waals surface area (Å²) in [6.45, 7) is 4.74. The Morgan fingerprint density at radius 3 is 2.58 bits per heavy atom. The first-order valence-electron chi connectivity index (χ1n) is 8.64. The van der Waals surface area contributed by atoms with Gasteiger partial charge in [-0.3, -0.25) is 9.59 Å². The van der Waals surface area contributed by atoms with E-state index in [9.17, 15) is 9.59 Å². The van der Waals surface area contributed by atoms with Gasteiger partial charge < -0.3 is 15.3 Å². The highest BCUT2D eigenvalue weighted by Gasteiger charge is 2.25. The molecule has 1 aromatic carbocycles. The lowest BCUT2D eigenvalue weighted by atomic mass is 9.97. The Morgan fingerprint density at radius 2 is 1.92 bits per heavy atom. The van der Waals surface area contributed by atoms with Crippen LogP contribution in [0, 0.1) is 12.8 Å². The number of aryl methyl sites for hydroxylation is 1. The molecule has 0 spiro atoms. The Bertz CT molecular complexity index is 829. The molecule has 0 unspecified atom stereocenters. The van der Waals surface area contributed by atoms with Crippen LogP contribution >= 0.6 is 0 Å². The number of anilines is 3. The fourth-order valence-corrected chi connectivity index (χ4v) is 3.07. The fourth-order valence-electron chi connectivity index (χ4n) is 3.07. The molecule has 2 heterocycles. The van der Waals surface area contributed by atoms with Crippen molar-refractivity contribution in [3.63, 3.8) is 0 Å². The standard InChI is InChI=1S/C19H22N4O3/c1-12-10-17(23-8-6-14(7-9-23)18(25)26)22-19(20-12)21-16-5-3-4-15(11-16)13(2)24/h3-5,10-11,14H,6-9H2,1-2H3,(H,25,26)(H,20,21,22). The number of nitrogens with zero attached hydrogens (tertiary/aromatic N) is 3. The van der Waals surface area contributed by atoms with Gasteiger partial charge in [0.15, 0.2) is 5.78 Å². The first kappa shape index (κ1) is 17.8. The van der Waals surface area contributed by atoms with Crippen molar-refractivity contribution in [1.29, 1.82) is 0 Å². The highest BCUT2D eigenvalue weighted by atomic mass is 16.4. The topological polar surface area (TPSA) is 95.4 Å². The van der Waals surface area contributed by atoms with E-state index < -0.39 is 5.97 Å². The summed E-state index contributed by atoms with van der Waals surface area (Å²) in [7, 11) is 0. The molecule has 26 heavy (non-hydrogen) atoms. The molecule has 0 amide bonds. The number of ketones is 1. The zero-order valence-electron chi connectivity index (χ0n) is 14.9. The maximum absolute atomic E-state index is 11.5. The van der Waals surface area contributed by atoms with E-state index in [1.165, 1.54) is 6.92 Å². The Labute approximate surface area is 152 Å². The molecule has 7 heteroatoms. The second-order valence-corrected chi connectivity index (χ2v) is 6.55. The summed E-state index contributed by atoms with van der Waals surface area (Å²) in [5.74, 6) is 0.241. The number of carbonyl (C=O) groups excluding carboxylic acids is 1. The first-order chi connectivity index (χ1) is 12.4. The number of Topliss-reactive ketones (excluding diaryl/α,β-unsaturated/α-hetero) is 1. The minimum Gasteiger partial charge on any atom is -0.481 e. The highest BCUT2D eigenvalue weighted by molar-refractivity contribution is 5.95. The average Bonchev–Trinajstić information content (AvgIpc) is 2.61. The van der Waals surface area contributed by atoms with Crippen LogP contribution in [0.2, 0.25) is 0 Å². The second kappa shape index (κ2) is 7.51. The van der Waals surface area contributed by atoms with Crippen LogP contribution in [0.1, 0.15) is 35.8 Å². The molecule has 0 atom stereocenters. The molecule has 1 aliphatic rings. The molecule has 1 aromatic heterocycles. The van der Waals surface area contributed by atoms with E-state index in [-0.39, 0.29) is 11.7 Å². The van der Waals surface area contributed by atoms with E-state index in [0.29, 0.717) is 37.4 Å². The number of aromatic nitrogens is 2. The van der Waals surface area contributed by atoms with Gasteiger partial charge >= 0.3 is 5.97 Å². The molecule has 0 bridgehead atoms. The zero-order valence-corrected chi connectivity index (χ0v) is 14.9. The smallest absolute Gasteiger partial charge is 0.306 e. The van der Waals surface area contributed by atoms with Crippen LogP contribution in [-0.4, -0.2) is 39.9 Å². The second-order valence-electron chi connectivity index (χ2n) is 6.55. The van der Waals surface area contributed by atoms with Crippen molar-refractivity contribution in [2.75, 3.05) is 23.3 Å². The number of hydrogen-bond acceptors (Lipinski definition) is 6. The van der Waals surface area contributed by atoms with Crippen LogP contribution in [0.15, 0.2) is 30.3 Å². The molecular weight excluding hydrogens is 332 g/mol. The number of benzene rings is 1. The number of nitrogens with one attached hydrogen (secondary N) is 1. The number of carboxylic acids is 1. The van der Waals surface area contributed by atoms with Crippen LogP contribution in [0.5, 0.6) is 0 Å². The van der Waals surface area contributed by atoms with Gasteiger partial charge in [-0.2, -0.15) is 4.98 Å². The fraction of sp³-hybridized carbons (Fsp3) is 0.368. The molecule has 2 aromatic rings. The third-order valence-corrected chi connectivity index (χ3v) is 4.53. The summed E-state index contributed by atoms with van der Waals surface area (Å²) in [5, 5.41) is 12.3. The van der Waals surface area contributed by atoms with E-state index in [1.54, 1.807) is 12.1 Å². The predicted octanol–water partition coefficient (Wildman–Crippen LogP) is 3.03. The maximum Gasteiger partial charge on any atom is 0.306 e. The van der Waals surface area contributed by atoms with Crippen LogP contribution < -0.4 is 10.2 Å². The van der Waals surface area contributed by atoms with Crippen molar-refractivity contribution in [3.8, 4) is 0 Å². The van der Waals surface area contributed by atoms with Gasteiger partial charge in [-0.15, -0.1) is 0 Å². The minimum absolute atomic E-state index is 0.000742. The molecule has 1 saturated heterocycles. The van der Waals surface area contributed by atoms with Gasteiger partial charge in [0.05, 0.1) is 5.92 Å². The van der Waals surface area contributed by atoms with Crippen LogP contribution in [-0.2, 0) is 4.79 Å². The highest BCUT2D eigenvalue weighted by Crippen LogP contribution is 2.24. The third kappa shape index (κ3) is 4.17. The molecule has 7 nitrogen and oxygen atoms in total. The average molecular weight is 354 g/mol. The normalized spacial score (nSPS) is 14.9. The lowest BCUT2D eigenvalue weighted by Gasteiger charge is -2.31. The van der Waals surface area contributed by atoms with Crippen LogP contribution in [0.25, 0.3) is 0 Å². The summed E-state index contributed by atoms with van der Waals surface area (Å²) < 4.78 is 0. The quantitative estimate of drug-likeness (QED) is 0.797. The van der Waals surface area contributed by atoms with Crippen molar-refractivity contribution in [3.05, 3.63) is 41.6 Å². The van der Waals surface area contributed by atoms with Crippen LogP contribution in [0.4, 0.5) is 17.5 Å². The predicted molar refractivity (Wildman–Crippen MR) is 99.1 cm³/mol. The SMILES string of the molecule is CC(=O)c1cccc(Nc2nc(C)cc(N3CCC(C(=O)O)CC3)n2)c1. The molecule has 2 N–H and O–H groups in total. The largest absolute Gasteiger partial charge is 0.481 e. The van der Waals surface area contributed by atoms with Gasteiger partial charge in [0, 0.05) is 36.1 Å². The monoisotopic (exact) mass is 354 g/mol. The van der Waals surface area contributed by atoms with Gasteiger partial charge in [0.2, 0.25) is 5.95 Å². The molecular formula is C19H22N4O3. The summed E-state index contributed by atoms with van der Waals surface area (Å²) in [6, 6.07) is 9.11. The molecule has 0 saturated carbocycles. The number of aliphatic carboxylic acids is 1. The Hall–Kier alpha value is -2.96. The van der Waals surface area contributed by atoms with Crippen molar-refractivity contribution in [2.24, 2.45) is 5.92 Å². The van der Waals surface area contributed by atoms with Gasteiger partial charge in [0.1, 0.15) is 5.82 Å². The summed E-state index contributed by atoms with van der Waals surface area (Å²) in [5.41, 5.74) is 2.19. The maximum atomic E-state index is 11.5. The first-order valence-corrected chi connectivity index (χ1v) is 8.64. The van der Waals surface area contributed by atoms with Gasteiger partial charge in [-0.05, 0) is 38.8 Å². The van der Waals surface area contributed by atoms with E-state index in [0.717, 1.165) is 17.2 Å². The van der Waals surface area contributed by atoms with Crippen molar-refractivity contribution >= 4 is 29.2 Å². The molecule has 0 aliphatic carbocycles. The van der Waals surface area contributed by atoms with Gasteiger partial charge in [-0.1, -0.05) is 12.1 Å². The third-order valence-electron chi connectivity index (χ3n) is 4.53. The Balaban J connectivity index is 1.77. The summed E-state index contributed by atoms with van der Waals surface area (Å²) >= 11 is 0. The number of carboxylic acid groups (broad SMARTS) is 1. The van der Waals surface area contributed by atoms with E-state index in [1.807, 2.05) is 25.1 Å². The number of hydrogen-bond donors (Lipinski definition) is 2. The minimum atomic E-state index is -0.726. The molecule has 3 rings (SSSR count). The Kier molecular flexibility index (Phi) is 5.16. The number of piperidine rings is 1. The summed E-state index contributed by atoms with van der Waals surface area (Å²) in [6.07, 6.45) is 1.23. The number of rotatable bonds is 5. The van der Waals surface area contributed by atoms with Crippen molar-refractivity contribution in [2.45, 2.75) is 26.7 Å². The van der Waals surface area contributed by atoms with Gasteiger partial charge in [0.25, 0.3) is 0 Å². The zero-order chi connectivity index (χ0) is 18.7. The van der Waals surface area contributed by atoms with Crippen molar-refractivity contribution < 1.29 is 14.7 Å². The van der Waals surface area contributed by atoms with E-state index in [4.69, 9.17) is 5.11 Å². The Morgan fingerprint density at radius 1 is 1.19 bits per heavy atom. The molecule has 1 aliphatic heterocycles. The molecule has 1 fully saturated rings. The van der Waals surface area contributed by atoms with E-state index in [2.05, 4.69) is 20.2 Å². The lowest BCUT2D eigenvalue weighted by molar-refractivity contribution is -0.142. The van der Waals surface area contributed by atoms with Crippen molar-refractivity contribution in [1.82, 2.24) is 9.97 Å². The van der Waals surface area contributed by atoms with Gasteiger partial charge in [-0.25, -0.2) is 4.98 Å². The molecule has 0 radical (unpaired) electrons. The number of carbonyl (C=O) groups is 2.